The third kappa shape index (κ3) is 3.32. The van der Waals surface area contributed by atoms with Crippen LogP contribution < -0.4 is 5.32 Å². The van der Waals surface area contributed by atoms with E-state index >= 15 is 0 Å². The van der Waals surface area contributed by atoms with Crippen molar-refractivity contribution in [2.75, 3.05) is 6.54 Å². The Bertz CT molecular complexity index is 612. The summed E-state index contributed by atoms with van der Waals surface area (Å²) >= 11 is 0. The smallest absolute Gasteiger partial charge is 0.254 e. The normalized spacial score (nSPS) is 10.3. The lowest BCUT2D eigenvalue weighted by Crippen LogP contribution is -2.26. The molecule has 0 aliphatic heterocycles. The van der Waals surface area contributed by atoms with E-state index in [2.05, 4.69) is 5.32 Å². The monoisotopic (exact) mass is 277 g/mol. The third-order valence-electron chi connectivity index (χ3n) is 2.83. The van der Waals surface area contributed by atoms with Crippen molar-refractivity contribution in [1.82, 2.24) is 5.32 Å². The van der Waals surface area contributed by atoms with Gasteiger partial charge in [-0.05, 0) is 36.2 Å². The minimum atomic E-state index is -1.14. The first-order valence-electron chi connectivity index (χ1n) is 6.08. The second-order valence-electron chi connectivity index (χ2n) is 4.27. The van der Waals surface area contributed by atoms with Crippen LogP contribution in [0.15, 0.2) is 42.5 Å². The zero-order valence-electron chi connectivity index (χ0n) is 10.6. The van der Waals surface area contributed by atoms with E-state index in [4.69, 9.17) is 5.11 Å². The van der Waals surface area contributed by atoms with Gasteiger partial charge < -0.3 is 10.4 Å². The summed E-state index contributed by atoms with van der Waals surface area (Å²) < 4.78 is 26.4. The molecule has 0 unspecified atom stereocenters. The largest absolute Gasteiger partial charge is 0.508 e. The Morgan fingerprint density at radius 2 is 1.80 bits per heavy atom. The summed E-state index contributed by atoms with van der Waals surface area (Å²) in [7, 11) is 0. The van der Waals surface area contributed by atoms with E-state index in [0.29, 0.717) is 13.0 Å². The quantitative estimate of drug-likeness (QED) is 0.902. The van der Waals surface area contributed by atoms with Crippen LogP contribution >= 0.6 is 0 Å². The van der Waals surface area contributed by atoms with Crippen LogP contribution in [0.4, 0.5) is 8.78 Å². The molecule has 0 fully saturated rings. The second-order valence-corrected chi connectivity index (χ2v) is 4.27. The molecule has 0 bridgehead atoms. The fraction of sp³-hybridized carbons (Fsp3) is 0.133. The van der Waals surface area contributed by atoms with Gasteiger partial charge in [0.1, 0.15) is 5.75 Å². The topological polar surface area (TPSA) is 49.3 Å². The van der Waals surface area contributed by atoms with Gasteiger partial charge in [-0.2, -0.15) is 0 Å². The van der Waals surface area contributed by atoms with Crippen molar-refractivity contribution in [3.63, 3.8) is 0 Å². The van der Waals surface area contributed by atoms with Crippen LogP contribution in [0.5, 0.6) is 5.75 Å². The van der Waals surface area contributed by atoms with Gasteiger partial charge in [-0.3, -0.25) is 4.79 Å². The van der Waals surface area contributed by atoms with Crippen LogP contribution in [0.3, 0.4) is 0 Å². The Morgan fingerprint density at radius 3 is 2.50 bits per heavy atom. The molecule has 0 saturated carbocycles. The molecular formula is C15H13F2NO2. The molecule has 0 atom stereocenters. The van der Waals surface area contributed by atoms with Gasteiger partial charge >= 0.3 is 0 Å². The number of phenolic OH excluding ortho intramolecular Hbond substituents is 1. The van der Waals surface area contributed by atoms with Crippen molar-refractivity contribution in [3.05, 3.63) is 65.2 Å². The maximum absolute atomic E-state index is 13.4. The van der Waals surface area contributed by atoms with Crippen LogP contribution in [-0.4, -0.2) is 17.6 Å². The first-order valence-corrected chi connectivity index (χ1v) is 6.08. The van der Waals surface area contributed by atoms with Crippen LogP contribution in [0.2, 0.25) is 0 Å². The number of amides is 1. The average molecular weight is 277 g/mol. The summed E-state index contributed by atoms with van der Waals surface area (Å²) in [5.41, 5.74) is 0.610. The molecule has 0 heterocycles. The molecule has 2 aromatic rings. The molecule has 0 aliphatic rings. The SMILES string of the molecule is O=C(NCCc1ccc(O)cc1)c1cccc(F)c1F. The van der Waals surface area contributed by atoms with E-state index in [1.165, 1.54) is 12.1 Å². The van der Waals surface area contributed by atoms with E-state index in [1.54, 1.807) is 24.3 Å². The molecule has 104 valence electrons. The summed E-state index contributed by atoms with van der Waals surface area (Å²) in [6.07, 6.45) is 0.531. The van der Waals surface area contributed by atoms with Crippen molar-refractivity contribution in [2.45, 2.75) is 6.42 Å². The number of hydrogen-bond donors (Lipinski definition) is 2. The minimum absolute atomic E-state index is 0.166. The summed E-state index contributed by atoms with van der Waals surface area (Å²) in [4.78, 5) is 11.7. The molecular weight excluding hydrogens is 264 g/mol. The fourth-order valence-corrected chi connectivity index (χ4v) is 1.76. The van der Waals surface area contributed by atoms with E-state index in [0.717, 1.165) is 11.6 Å². The number of aromatic hydroxyl groups is 1. The van der Waals surface area contributed by atoms with Crippen molar-refractivity contribution in [2.24, 2.45) is 0 Å². The van der Waals surface area contributed by atoms with Crippen LogP contribution in [0.25, 0.3) is 0 Å². The predicted molar refractivity (Wildman–Crippen MR) is 70.5 cm³/mol. The van der Waals surface area contributed by atoms with Gasteiger partial charge in [0, 0.05) is 6.54 Å². The fourth-order valence-electron chi connectivity index (χ4n) is 1.76. The van der Waals surface area contributed by atoms with Crippen molar-refractivity contribution in [1.29, 1.82) is 0 Å². The predicted octanol–water partition coefficient (Wildman–Crippen LogP) is 2.64. The second kappa shape index (κ2) is 6.14. The molecule has 0 spiro atoms. The number of carbonyl (C=O) groups excluding carboxylic acids is 1. The molecule has 0 radical (unpaired) electrons. The lowest BCUT2D eigenvalue weighted by molar-refractivity contribution is 0.0949. The zero-order chi connectivity index (χ0) is 14.5. The van der Waals surface area contributed by atoms with Crippen LogP contribution in [-0.2, 0) is 6.42 Å². The highest BCUT2D eigenvalue weighted by Gasteiger charge is 2.14. The van der Waals surface area contributed by atoms with Gasteiger partial charge in [-0.1, -0.05) is 18.2 Å². The number of halogens is 2. The maximum Gasteiger partial charge on any atom is 0.254 e. The molecule has 2 rings (SSSR count). The first kappa shape index (κ1) is 14.0. The summed E-state index contributed by atoms with van der Waals surface area (Å²) in [5, 5.41) is 11.7. The number of benzene rings is 2. The first-order chi connectivity index (χ1) is 9.58. The zero-order valence-corrected chi connectivity index (χ0v) is 10.6. The molecule has 0 aromatic heterocycles. The lowest BCUT2D eigenvalue weighted by atomic mass is 10.1. The summed E-state index contributed by atoms with van der Waals surface area (Å²) in [5.74, 6) is -2.67. The number of hydrogen-bond acceptors (Lipinski definition) is 2. The number of rotatable bonds is 4. The number of carbonyl (C=O) groups is 1. The van der Waals surface area contributed by atoms with Crippen molar-refractivity contribution < 1.29 is 18.7 Å². The van der Waals surface area contributed by atoms with Crippen LogP contribution in [0.1, 0.15) is 15.9 Å². The van der Waals surface area contributed by atoms with Gasteiger partial charge in [0.2, 0.25) is 0 Å². The number of nitrogens with one attached hydrogen (secondary N) is 1. The van der Waals surface area contributed by atoms with Gasteiger partial charge in [0.15, 0.2) is 11.6 Å². The van der Waals surface area contributed by atoms with E-state index in [9.17, 15) is 13.6 Å². The molecule has 2 N–H and O–H groups in total. The Morgan fingerprint density at radius 1 is 1.10 bits per heavy atom. The highest BCUT2D eigenvalue weighted by atomic mass is 19.2. The molecule has 2 aromatic carbocycles. The summed E-state index contributed by atoms with van der Waals surface area (Å²) in [6, 6.07) is 10.0. The lowest BCUT2D eigenvalue weighted by Gasteiger charge is -2.06. The highest BCUT2D eigenvalue weighted by Crippen LogP contribution is 2.12. The molecule has 1 amide bonds. The van der Waals surface area contributed by atoms with Crippen molar-refractivity contribution in [3.8, 4) is 5.75 Å². The Hall–Kier alpha value is -2.43. The standard InChI is InChI=1S/C15H13F2NO2/c16-13-3-1-2-12(14(13)17)15(20)18-9-8-10-4-6-11(19)7-5-10/h1-7,19H,8-9H2,(H,18,20). The summed E-state index contributed by atoms with van der Waals surface area (Å²) in [6.45, 7) is 0.291. The molecule has 0 saturated heterocycles. The van der Waals surface area contributed by atoms with Crippen LogP contribution in [0, 0.1) is 11.6 Å². The van der Waals surface area contributed by atoms with Gasteiger partial charge in [-0.25, -0.2) is 8.78 Å². The minimum Gasteiger partial charge on any atom is -0.508 e. The molecule has 0 aliphatic carbocycles. The van der Waals surface area contributed by atoms with Gasteiger partial charge in [0.05, 0.1) is 5.56 Å². The Balaban J connectivity index is 1.92. The number of phenols is 1. The van der Waals surface area contributed by atoms with E-state index in [1.807, 2.05) is 0 Å². The van der Waals surface area contributed by atoms with Crippen molar-refractivity contribution >= 4 is 5.91 Å². The van der Waals surface area contributed by atoms with E-state index in [-0.39, 0.29) is 11.3 Å². The Kier molecular flexibility index (Phi) is 4.30. The van der Waals surface area contributed by atoms with Gasteiger partial charge in [0.25, 0.3) is 5.91 Å². The third-order valence-corrected chi connectivity index (χ3v) is 2.83. The Labute approximate surface area is 114 Å². The maximum atomic E-state index is 13.4. The highest BCUT2D eigenvalue weighted by molar-refractivity contribution is 5.94. The molecule has 3 nitrogen and oxygen atoms in total. The average Bonchev–Trinajstić information content (AvgIpc) is 2.44. The molecule has 5 heteroatoms. The molecule has 20 heavy (non-hydrogen) atoms. The van der Waals surface area contributed by atoms with Gasteiger partial charge in [-0.15, -0.1) is 0 Å². The van der Waals surface area contributed by atoms with E-state index < -0.39 is 17.5 Å².